The Balaban J connectivity index is 1.92. The zero-order valence-electron chi connectivity index (χ0n) is 10.2. The average Bonchev–Trinajstić information content (AvgIpc) is 2.62. The molecule has 2 unspecified atom stereocenters. The number of thiophene rings is 1. The highest BCUT2D eigenvalue weighted by molar-refractivity contribution is 7.11. The molecule has 2 N–H and O–H groups in total. The summed E-state index contributed by atoms with van der Waals surface area (Å²) in [5.74, 6) is 0.834. The molecule has 0 aliphatic heterocycles. The van der Waals surface area contributed by atoms with Crippen molar-refractivity contribution in [3.8, 4) is 0 Å². The van der Waals surface area contributed by atoms with Crippen LogP contribution in [-0.4, -0.2) is 6.04 Å². The molecule has 16 heavy (non-hydrogen) atoms. The standard InChI is InChI=1S/C14H23NS/c1-2-13-7-8-14(16-13)10-11-5-3-4-6-12(15)9-11/h7-8,11-12H,2-6,9-10,15H2,1H3. The van der Waals surface area contributed by atoms with Crippen molar-refractivity contribution in [2.45, 2.75) is 57.9 Å². The van der Waals surface area contributed by atoms with Gasteiger partial charge in [-0.15, -0.1) is 11.3 Å². The predicted octanol–water partition coefficient (Wildman–Crippen LogP) is 3.76. The molecule has 2 rings (SSSR count). The van der Waals surface area contributed by atoms with Crippen molar-refractivity contribution in [2.24, 2.45) is 11.7 Å². The number of hydrogen-bond acceptors (Lipinski definition) is 2. The molecule has 0 radical (unpaired) electrons. The van der Waals surface area contributed by atoms with E-state index in [1.54, 1.807) is 4.88 Å². The Hall–Kier alpha value is -0.340. The molecule has 0 spiro atoms. The fraction of sp³-hybridized carbons (Fsp3) is 0.714. The van der Waals surface area contributed by atoms with E-state index in [2.05, 4.69) is 19.1 Å². The quantitative estimate of drug-likeness (QED) is 0.796. The summed E-state index contributed by atoms with van der Waals surface area (Å²) < 4.78 is 0. The summed E-state index contributed by atoms with van der Waals surface area (Å²) in [5.41, 5.74) is 6.11. The summed E-state index contributed by atoms with van der Waals surface area (Å²) in [6.07, 6.45) is 9.01. The first-order valence-corrected chi connectivity index (χ1v) is 7.42. The third-order valence-electron chi connectivity index (χ3n) is 3.63. The van der Waals surface area contributed by atoms with Crippen molar-refractivity contribution < 1.29 is 0 Å². The van der Waals surface area contributed by atoms with Gasteiger partial charge in [-0.3, -0.25) is 0 Å². The number of aryl methyl sites for hydroxylation is 1. The third kappa shape index (κ3) is 3.33. The van der Waals surface area contributed by atoms with E-state index in [1.807, 2.05) is 11.3 Å². The van der Waals surface area contributed by atoms with Gasteiger partial charge in [0.1, 0.15) is 0 Å². The van der Waals surface area contributed by atoms with Crippen molar-refractivity contribution in [3.05, 3.63) is 21.9 Å². The molecule has 0 bridgehead atoms. The lowest BCUT2D eigenvalue weighted by Crippen LogP contribution is -2.22. The molecule has 1 aromatic rings. The van der Waals surface area contributed by atoms with Crippen molar-refractivity contribution >= 4 is 11.3 Å². The smallest absolute Gasteiger partial charge is 0.00509 e. The second-order valence-corrected chi connectivity index (χ2v) is 6.32. The first-order valence-electron chi connectivity index (χ1n) is 6.61. The minimum absolute atomic E-state index is 0.457. The Morgan fingerprint density at radius 2 is 2.00 bits per heavy atom. The molecular formula is C14H23NS. The molecule has 1 aliphatic carbocycles. The number of hydrogen-bond donors (Lipinski definition) is 1. The Labute approximate surface area is 103 Å². The third-order valence-corrected chi connectivity index (χ3v) is 4.88. The summed E-state index contributed by atoms with van der Waals surface area (Å²) >= 11 is 1.99. The SMILES string of the molecule is CCc1ccc(CC2CCCCC(N)C2)s1. The molecule has 1 nitrogen and oxygen atoms in total. The van der Waals surface area contributed by atoms with Gasteiger partial charge in [0.2, 0.25) is 0 Å². The zero-order valence-corrected chi connectivity index (χ0v) is 11.1. The second kappa shape index (κ2) is 5.83. The molecule has 1 aromatic heterocycles. The van der Waals surface area contributed by atoms with Gasteiger partial charge in [-0.25, -0.2) is 0 Å². The van der Waals surface area contributed by atoms with Crippen LogP contribution >= 0.6 is 11.3 Å². The Morgan fingerprint density at radius 1 is 1.25 bits per heavy atom. The minimum Gasteiger partial charge on any atom is -0.328 e. The van der Waals surface area contributed by atoms with Gasteiger partial charge in [-0.1, -0.05) is 26.2 Å². The molecule has 2 atom stereocenters. The van der Waals surface area contributed by atoms with Crippen LogP contribution in [-0.2, 0) is 12.8 Å². The van der Waals surface area contributed by atoms with E-state index in [1.165, 1.54) is 49.8 Å². The van der Waals surface area contributed by atoms with Crippen LogP contribution in [0.3, 0.4) is 0 Å². The van der Waals surface area contributed by atoms with Gasteiger partial charge in [0.05, 0.1) is 0 Å². The van der Waals surface area contributed by atoms with E-state index in [9.17, 15) is 0 Å². The van der Waals surface area contributed by atoms with Gasteiger partial charge in [0, 0.05) is 15.8 Å². The topological polar surface area (TPSA) is 26.0 Å². The van der Waals surface area contributed by atoms with E-state index >= 15 is 0 Å². The largest absolute Gasteiger partial charge is 0.328 e. The molecule has 0 saturated heterocycles. The molecule has 1 saturated carbocycles. The minimum atomic E-state index is 0.457. The first kappa shape index (κ1) is 12.1. The lowest BCUT2D eigenvalue weighted by molar-refractivity contribution is 0.433. The average molecular weight is 237 g/mol. The fourth-order valence-corrected chi connectivity index (χ4v) is 3.77. The van der Waals surface area contributed by atoms with Crippen LogP contribution in [0, 0.1) is 5.92 Å². The van der Waals surface area contributed by atoms with Crippen molar-refractivity contribution in [2.75, 3.05) is 0 Å². The van der Waals surface area contributed by atoms with Crippen LogP contribution in [0.1, 0.15) is 48.8 Å². The van der Waals surface area contributed by atoms with Gasteiger partial charge in [0.25, 0.3) is 0 Å². The highest BCUT2D eigenvalue weighted by Gasteiger charge is 2.18. The highest BCUT2D eigenvalue weighted by Crippen LogP contribution is 2.28. The summed E-state index contributed by atoms with van der Waals surface area (Å²) in [7, 11) is 0. The molecule has 1 aliphatic rings. The Morgan fingerprint density at radius 3 is 2.75 bits per heavy atom. The van der Waals surface area contributed by atoms with Gasteiger partial charge in [-0.2, -0.15) is 0 Å². The maximum absolute atomic E-state index is 6.11. The lowest BCUT2D eigenvalue weighted by atomic mass is 9.94. The number of rotatable bonds is 3. The molecule has 0 amide bonds. The molecule has 1 heterocycles. The zero-order chi connectivity index (χ0) is 11.4. The molecule has 90 valence electrons. The predicted molar refractivity (Wildman–Crippen MR) is 72.0 cm³/mol. The van der Waals surface area contributed by atoms with E-state index in [0.717, 1.165) is 5.92 Å². The van der Waals surface area contributed by atoms with Gasteiger partial charge in [-0.05, 0) is 43.7 Å². The van der Waals surface area contributed by atoms with Crippen molar-refractivity contribution in [1.82, 2.24) is 0 Å². The normalized spacial score (nSPS) is 26.6. The van der Waals surface area contributed by atoms with Crippen LogP contribution in [0.5, 0.6) is 0 Å². The molecular weight excluding hydrogens is 214 g/mol. The summed E-state index contributed by atoms with van der Waals surface area (Å²) in [6, 6.07) is 5.06. The van der Waals surface area contributed by atoms with E-state index < -0.39 is 0 Å². The van der Waals surface area contributed by atoms with Gasteiger partial charge >= 0.3 is 0 Å². The lowest BCUT2D eigenvalue weighted by Gasteiger charge is -2.15. The molecule has 1 fully saturated rings. The maximum Gasteiger partial charge on any atom is 0.00509 e. The summed E-state index contributed by atoms with van der Waals surface area (Å²) in [6.45, 7) is 2.23. The monoisotopic (exact) mass is 237 g/mol. The summed E-state index contributed by atoms with van der Waals surface area (Å²) in [4.78, 5) is 3.09. The van der Waals surface area contributed by atoms with Crippen molar-refractivity contribution in [3.63, 3.8) is 0 Å². The van der Waals surface area contributed by atoms with Crippen LogP contribution < -0.4 is 5.73 Å². The summed E-state index contributed by atoms with van der Waals surface area (Å²) in [5, 5.41) is 0. The van der Waals surface area contributed by atoms with Gasteiger partial charge < -0.3 is 5.73 Å². The van der Waals surface area contributed by atoms with E-state index in [0.29, 0.717) is 6.04 Å². The van der Waals surface area contributed by atoms with Crippen molar-refractivity contribution in [1.29, 1.82) is 0 Å². The Bertz CT molecular complexity index is 318. The van der Waals surface area contributed by atoms with Crippen LogP contribution in [0.2, 0.25) is 0 Å². The number of nitrogens with two attached hydrogens (primary N) is 1. The van der Waals surface area contributed by atoms with E-state index in [4.69, 9.17) is 5.73 Å². The van der Waals surface area contributed by atoms with Crippen LogP contribution in [0.4, 0.5) is 0 Å². The second-order valence-electron chi connectivity index (χ2n) is 5.07. The fourth-order valence-electron chi connectivity index (χ4n) is 2.70. The maximum atomic E-state index is 6.11. The van der Waals surface area contributed by atoms with Gasteiger partial charge in [0.15, 0.2) is 0 Å². The Kier molecular flexibility index (Phi) is 4.42. The highest BCUT2D eigenvalue weighted by atomic mass is 32.1. The van der Waals surface area contributed by atoms with Crippen LogP contribution in [0.25, 0.3) is 0 Å². The first-order chi connectivity index (χ1) is 7.78. The molecule has 2 heteroatoms. The molecule has 0 aromatic carbocycles. The van der Waals surface area contributed by atoms with Crippen LogP contribution in [0.15, 0.2) is 12.1 Å². The van der Waals surface area contributed by atoms with E-state index in [-0.39, 0.29) is 0 Å².